The molecule has 0 aromatic heterocycles. The Morgan fingerprint density at radius 1 is 1.24 bits per heavy atom. The van der Waals surface area contributed by atoms with Crippen molar-refractivity contribution in [2.24, 2.45) is 5.92 Å². The molecule has 2 aliphatic heterocycles. The molecular formula is C27H31F4N4O3+. The van der Waals surface area contributed by atoms with E-state index in [1.54, 1.807) is 18.7 Å². The molecule has 3 aliphatic rings. The number of alkyl halides is 3. The maximum atomic E-state index is 14.7. The quantitative estimate of drug-likeness (QED) is 0.313. The summed E-state index contributed by atoms with van der Waals surface area (Å²) in [6.07, 6.45) is 0.515. The van der Waals surface area contributed by atoms with E-state index >= 15 is 0 Å². The largest absolute Gasteiger partial charge is 0.494 e. The van der Waals surface area contributed by atoms with Gasteiger partial charge in [-0.1, -0.05) is 0 Å². The standard InChI is InChI=1S/C27H31F4N4O3/c1-26(2)24(36)35(19-6-5-17(15-32)22(13-19)27(29,30)31)25(37)34(26)10-4-12-38-20-7-8-21(23(28)14-20)18-9-11-33(3)16-18/h5-7,9,13-14,16,21,24-25,36-37H,4,8,10-12H2,1-3H3/q+1. The van der Waals surface area contributed by atoms with Crippen molar-refractivity contribution < 1.29 is 37.1 Å². The van der Waals surface area contributed by atoms with Gasteiger partial charge in [-0.2, -0.15) is 18.4 Å². The predicted octanol–water partition coefficient (Wildman–Crippen LogP) is 3.89. The number of halogens is 4. The van der Waals surface area contributed by atoms with Crippen LogP contribution in [0.25, 0.3) is 0 Å². The number of aliphatic hydroxyl groups is 2. The van der Waals surface area contributed by atoms with Crippen LogP contribution in [-0.2, 0) is 10.9 Å². The molecule has 2 N–H and O–H groups in total. The number of benzene rings is 1. The SMILES string of the molecule is C[N+]1=CC(C2CC=C(OCCCN3C(O)N(c4ccc(C#N)c(C(F)(F)F)c4)C(O)C3(C)C)C=C2F)=CC1. The molecule has 1 saturated heterocycles. The van der Waals surface area contributed by atoms with Gasteiger partial charge in [0.25, 0.3) is 0 Å². The van der Waals surface area contributed by atoms with Gasteiger partial charge in [-0.3, -0.25) is 4.90 Å². The fourth-order valence-electron chi connectivity index (χ4n) is 5.07. The molecule has 3 atom stereocenters. The number of nitrogens with zero attached hydrogens (tertiary/aromatic N) is 4. The minimum absolute atomic E-state index is 0.0634. The van der Waals surface area contributed by atoms with E-state index in [9.17, 15) is 27.8 Å². The number of hydrogen-bond donors (Lipinski definition) is 2. The predicted molar refractivity (Wildman–Crippen MR) is 133 cm³/mol. The molecule has 0 amide bonds. The number of anilines is 1. The first-order valence-corrected chi connectivity index (χ1v) is 12.3. The Balaban J connectivity index is 1.38. The van der Waals surface area contributed by atoms with Gasteiger partial charge in [0.15, 0.2) is 19.1 Å². The molecule has 0 bridgehead atoms. The van der Waals surface area contributed by atoms with Gasteiger partial charge in [-0.25, -0.2) is 8.97 Å². The van der Waals surface area contributed by atoms with Crippen molar-refractivity contribution in [1.29, 1.82) is 5.26 Å². The molecular weight excluding hydrogens is 504 g/mol. The average molecular weight is 536 g/mol. The number of nitriles is 1. The Hall–Kier alpha value is -3.20. The van der Waals surface area contributed by atoms with Gasteiger partial charge >= 0.3 is 6.18 Å². The molecule has 1 aliphatic carbocycles. The second-order valence-corrected chi connectivity index (χ2v) is 10.2. The molecule has 1 aromatic carbocycles. The van der Waals surface area contributed by atoms with Gasteiger partial charge in [0.2, 0.25) is 0 Å². The molecule has 0 spiro atoms. The van der Waals surface area contributed by atoms with Crippen LogP contribution in [0.4, 0.5) is 23.2 Å². The van der Waals surface area contributed by atoms with Gasteiger partial charge in [0, 0.05) is 29.8 Å². The van der Waals surface area contributed by atoms with E-state index < -0.39 is 35.4 Å². The van der Waals surface area contributed by atoms with Crippen LogP contribution < -0.4 is 4.90 Å². The summed E-state index contributed by atoms with van der Waals surface area (Å²) in [6.45, 7) is 4.56. The van der Waals surface area contributed by atoms with Crippen LogP contribution in [-0.4, -0.2) is 70.8 Å². The zero-order valence-corrected chi connectivity index (χ0v) is 21.4. The van der Waals surface area contributed by atoms with Crippen molar-refractivity contribution in [3.05, 3.63) is 64.7 Å². The molecule has 3 unspecified atom stereocenters. The third kappa shape index (κ3) is 5.34. The first kappa shape index (κ1) is 27.8. The summed E-state index contributed by atoms with van der Waals surface area (Å²) >= 11 is 0. The summed E-state index contributed by atoms with van der Waals surface area (Å²) in [7, 11) is 1.93. The molecule has 1 aromatic rings. The second-order valence-electron chi connectivity index (χ2n) is 10.2. The fourth-order valence-corrected chi connectivity index (χ4v) is 5.07. The monoisotopic (exact) mass is 535 g/mol. The lowest BCUT2D eigenvalue weighted by atomic mass is 9.91. The topological polar surface area (TPSA) is 83.0 Å². The Bertz CT molecular complexity index is 1250. The molecule has 204 valence electrons. The van der Waals surface area contributed by atoms with E-state index in [2.05, 4.69) is 0 Å². The highest BCUT2D eigenvalue weighted by Crippen LogP contribution is 2.40. The van der Waals surface area contributed by atoms with Gasteiger partial charge in [0.1, 0.15) is 24.9 Å². The van der Waals surface area contributed by atoms with Crippen LogP contribution >= 0.6 is 0 Å². The molecule has 1 fully saturated rings. The summed E-state index contributed by atoms with van der Waals surface area (Å²) in [6, 6.07) is 4.57. The van der Waals surface area contributed by atoms with E-state index in [4.69, 9.17) is 10.00 Å². The Kier molecular flexibility index (Phi) is 7.70. The van der Waals surface area contributed by atoms with Crippen molar-refractivity contribution in [1.82, 2.24) is 4.90 Å². The number of allylic oxidation sites excluding steroid dienone is 4. The van der Waals surface area contributed by atoms with Crippen molar-refractivity contribution in [2.45, 2.75) is 51.0 Å². The number of hydrogen-bond acceptors (Lipinski definition) is 6. The van der Waals surface area contributed by atoms with E-state index in [0.29, 0.717) is 18.6 Å². The van der Waals surface area contributed by atoms with Crippen LogP contribution in [0.3, 0.4) is 0 Å². The lowest BCUT2D eigenvalue weighted by Crippen LogP contribution is -2.48. The van der Waals surface area contributed by atoms with E-state index in [1.165, 1.54) is 18.2 Å². The van der Waals surface area contributed by atoms with E-state index in [-0.39, 0.29) is 30.6 Å². The first-order chi connectivity index (χ1) is 17.8. The average Bonchev–Trinajstić information content (AvgIpc) is 3.35. The zero-order chi connectivity index (χ0) is 27.8. The number of ether oxygens (including phenoxy) is 1. The van der Waals surface area contributed by atoms with Crippen LogP contribution in [0.15, 0.2) is 53.6 Å². The highest BCUT2D eigenvalue weighted by Gasteiger charge is 2.51. The third-order valence-electron chi connectivity index (χ3n) is 7.26. The Morgan fingerprint density at radius 3 is 2.58 bits per heavy atom. The van der Waals surface area contributed by atoms with Gasteiger partial charge in [-0.05, 0) is 57.0 Å². The zero-order valence-electron chi connectivity index (χ0n) is 21.4. The van der Waals surface area contributed by atoms with Crippen LogP contribution in [0.2, 0.25) is 0 Å². The highest BCUT2D eigenvalue weighted by molar-refractivity contribution is 5.77. The Morgan fingerprint density at radius 2 is 1.97 bits per heavy atom. The molecule has 2 heterocycles. The van der Waals surface area contributed by atoms with Crippen LogP contribution in [0.1, 0.15) is 37.8 Å². The lowest BCUT2D eigenvalue weighted by molar-refractivity contribution is -0.477. The summed E-state index contributed by atoms with van der Waals surface area (Å²) in [5.74, 6) is -0.165. The molecule has 7 nitrogen and oxygen atoms in total. The number of likely N-dealkylation sites (N-methyl/N-ethyl adjacent to an activating group) is 1. The fraction of sp³-hybridized carbons (Fsp3) is 0.481. The smallest absolute Gasteiger partial charge is 0.417 e. The van der Waals surface area contributed by atoms with Gasteiger partial charge in [-0.15, -0.1) is 0 Å². The van der Waals surface area contributed by atoms with E-state index in [0.717, 1.165) is 29.2 Å². The maximum Gasteiger partial charge on any atom is 0.417 e. The van der Waals surface area contributed by atoms with Crippen molar-refractivity contribution >= 4 is 11.9 Å². The third-order valence-corrected chi connectivity index (χ3v) is 7.26. The van der Waals surface area contributed by atoms with Gasteiger partial charge < -0.3 is 19.8 Å². The summed E-state index contributed by atoms with van der Waals surface area (Å²) in [4.78, 5) is 2.65. The van der Waals surface area contributed by atoms with Crippen molar-refractivity contribution in [3.63, 3.8) is 0 Å². The molecule has 11 heteroatoms. The van der Waals surface area contributed by atoms with Crippen LogP contribution in [0, 0.1) is 17.2 Å². The first-order valence-electron chi connectivity index (χ1n) is 12.3. The minimum Gasteiger partial charge on any atom is -0.494 e. The lowest BCUT2D eigenvalue weighted by Gasteiger charge is -2.32. The second kappa shape index (κ2) is 10.5. The summed E-state index contributed by atoms with van der Waals surface area (Å²) in [5.41, 5.74) is -1.83. The van der Waals surface area contributed by atoms with Crippen molar-refractivity contribution in [3.8, 4) is 6.07 Å². The molecule has 0 saturated carbocycles. The Labute approximate surface area is 218 Å². The number of aliphatic hydroxyl groups excluding tert-OH is 2. The highest BCUT2D eigenvalue weighted by atomic mass is 19.4. The van der Waals surface area contributed by atoms with Crippen LogP contribution in [0.5, 0.6) is 0 Å². The molecule has 0 radical (unpaired) electrons. The van der Waals surface area contributed by atoms with E-state index in [1.807, 2.05) is 30.0 Å². The minimum atomic E-state index is -4.77. The summed E-state index contributed by atoms with van der Waals surface area (Å²) in [5, 5.41) is 31.0. The molecule has 38 heavy (non-hydrogen) atoms. The maximum absolute atomic E-state index is 14.7. The summed E-state index contributed by atoms with van der Waals surface area (Å²) < 4.78 is 62.8. The normalized spacial score (nSPS) is 25.5. The number of rotatable bonds is 7. The van der Waals surface area contributed by atoms with Gasteiger partial charge in [0.05, 0.1) is 29.3 Å². The molecule has 4 rings (SSSR count). The van der Waals surface area contributed by atoms with Crippen molar-refractivity contribution in [2.75, 3.05) is 31.6 Å².